The van der Waals surface area contributed by atoms with Gasteiger partial charge in [-0.05, 0) is 29.6 Å². The maximum Gasteiger partial charge on any atom is 0.231 e. The number of rotatable bonds is 2. The quantitative estimate of drug-likeness (QED) is 0.701. The number of ether oxygens (including phenoxy) is 1. The minimum atomic E-state index is -0.430. The number of thiophene rings is 1. The summed E-state index contributed by atoms with van der Waals surface area (Å²) in [6.45, 7) is 0. The van der Waals surface area contributed by atoms with E-state index in [-0.39, 0.29) is 5.75 Å². The molecule has 0 radical (unpaired) electrons. The van der Waals surface area contributed by atoms with E-state index in [0.29, 0.717) is 5.88 Å². The Hall–Kier alpha value is -1.53. The Bertz CT molecular complexity index is 716. The lowest BCUT2D eigenvalue weighted by Gasteiger charge is -2.06. The monoisotopic (exact) mass is 324 g/mol. The number of hydrogen-bond donors (Lipinski definition) is 0. The maximum absolute atomic E-state index is 13.6. The lowest BCUT2D eigenvalue weighted by Crippen LogP contribution is -1.92. The molecule has 2 aromatic heterocycles. The van der Waals surface area contributed by atoms with E-state index in [4.69, 9.17) is 4.74 Å². The van der Waals surface area contributed by atoms with Crippen LogP contribution in [0.2, 0.25) is 0 Å². The Morgan fingerprint density at radius 2 is 2.11 bits per heavy atom. The van der Waals surface area contributed by atoms with E-state index in [0.717, 1.165) is 14.7 Å². The number of halogens is 2. The van der Waals surface area contributed by atoms with Crippen LogP contribution in [0.5, 0.6) is 11.6 Å². The summed E-state index contributed by atoms with van der Waals surface area (Å²) >= 11 is 4.76. The van der Waals surface area contributed by atoms with Crippen molar-refractivity contribution >= 4 is 37.5 Å². The summed E-state index contributed by atoms with van der Waals surface area (Å²) < 4.78 is 19.9. The van der Waals surface area contributed by atoms with E-state index in [9.17, 15) is 4.39 Å². The molecule has 0 aliphatic carbocycles. The summed E-state index contributed by atoms with van der Waals surface area (Å²) in [5, 5.41) is 2.67. The molecule has 0 fully saturated rings. The van der Waals surface area contributed by atoms with Crippen molar-refractivity contribution in [2.45, 2.75) is 0 Å². The number of aromatic nitrogens is 2. The predicted octanol–water partition coefficient (Wildman–Crippen LogP) is 4.39. The van der Waals surface area contributed by atoms with Crippen LogP contribution in [0.15, 0.2) is 40.4 Å². The Kier molecular flexibility index (Phi) is 2.97. The maximum atomic E-state index is 13.6. The lowest BCUT2D eigenvalue weighted by atomic mass is 10.3. The Balaban J connectivity index is 2.06. The zero-order valence-corrected chi connectivity index (χ0v) is 11.3. The van der Waals surface area contributed by atoms with Crippen molar-refractivity contribution in [2.24, 2.45) is 0 Å². The van der Waals surface area contributed by atoms with E-state index >= 15 is 0 Å². The SMILES string of the molecule is Fc1ccc(Br)cc1Oc1ncnc2sccc12. The molecular weight excluding hydrogens is 319 g/mol. The average molecular weight is 325 g/mol. The number of benzene rings is 1. The first-order valence-corrected chi connectivity index (χ1v) is 6.72. The molecule has 0 unspecified atom stereocenters. The molecule has 0 amide bonds. The normalized spacial score (nSPS) is 10.8. The van der Waals surface area contributed by atoms with Crippen LogP contribution in [0.4, 0.5) is 4.39 Å². The minimum Gasteiger partial charge on any atom is -0.435 e. The minimum absolute atomic E-state index is 0.135. The highest BCUT2D eigenvalue weighted by molar-refractivity contribution is 9.10. The van der Waals surface area contributed by atoms with Crippen molar-refractivity contribution in [1.29, 1.82) is 0 Å². The number of fused-ring (bicyclic) bond motifs is 1. The van der Waals surface area contributed by atoms with Gasteiger partial charge in [-0.25, -0.2) is 14.4 Å². The van der Waals surface area contributed by atoms with Crippen LogP contribution in [0.25, 0.3) is 10.2 Å². The molecular formula is C12H6BrFN2OS. The largest absolute Gasteiger partial charge is 0.435 e. The average Bonchev–Trinajstić information content (AvgIpc) is 2.83. The smallest absolute Gasteiger partial charge is 0.231 e. The molecule has 0 N–H and O–H groups in total. The van der Waals surface area contributed by atoms with Crippen molar-refractivity contribution in [1.82, 2.24) is 9.97 Å². The van der Waals surface area contributed by atoms with Gasteiger partial charge in [-0.3, -0.25) is 0 Å². The fourth-order valence-corrected chi connectivity index (χ4v) is 2.57. The first kappa shape index (κ1) is 11.6. The number of nitrogens with zero attached hydrogens (tertiary/aromatic N) is 2. The summed E-state index contributed by atoms with van der Waals surface area (Å²) in [5.41, 5.74) is 0. The van der Waals surface area contributed by atoms with Crippen LogP contribution in [0.1, 0.15) is 0 Å². The second-order valence-corrected chi connectivity index (χ2v) is 5.31. The van der Waals surface area contributed by atoms with Crippen LogP contribution in [-0.4, -0.2) is 9.97 Å². The van der Waals surface area contributed by atoms with Crippen molar-refractivity contribution in [2.75, 3.05) is 0 Å². The van der Waals surface area contributed by atoms with Crippen molar-refractivity contribution in [3.8, 4) is 11.6 Å². The Morgan fingerprint density at radius 3 is 3.00 bits per heavy atom. The molecule has 0 saturated heterocycles. The molecule has 3 aromatic rings. The zero-order chi connectivity index (χ0) is 12.5. The summed E-state index contributed by atoms with van der Waals surface area (Å²) in [4.78, 5) is 8.96. The van der Waals surface area contributed by atoms with E-state index < -0.39 is 5.82 Å². The fourth-order valence-electron chi connectivity index (χ4n) is 1.51. The third-order valence-corrected chi connectivity index (χ3v) is 3.64. The third-order valence-electron chi connectivity index (χ3n) is 2.33. The molecule has 3 rings (SSSR count). The summed E-state index contributed by atoms with van der Waals surface area (Å²) in [6.07, 6.45) is 1.41. The molecule has 0 atom stereocenters. The first-order chi connectivity index (χ1) is 8.74. The van der Waals surface area contributed by atoms with Gasteiger partial charge in [0, 0.05) is 4.47 Å². The molecule has 0 saturated carbocycles. The van der Waals surface area contributed by atoms with Crippen LogP contribution < -0.4 is 4.74 Å². The molecule has 0 bridgehead atoms. The lowest BCUT2D eigenvalue weighted by molar-refractivity contribution is 0.431. The van der Waals surface area contributed by atoms with Crippen LogP contribution >= 0.6 is 27.3 Å². The van der Waals surface area contributed by atoms with Gasteiger partial charge in [0.25, 0.3) is 0 Å². The van der Waals surface area contributed by atoms with Crippen molar-refractivity contribution in [3.05, 3.63) is 46.3 Å². The highest BCUT2D eigenvalue weighted by Gasteiger charge is 2.10. The molecule has 2 heterocycles. The van der Waals surface area contributed by atoms with Gasteiger partial charge in [-0.2, -0.15) is 0 Å². The second-order valence-electron chi connectivity index (χ2n) is 3.50. The van der Waals surface area contributed by atoms with Gasteiger partial charge >= 0.3 is 0 Å². The van der Waals surface area contributed by atoms with Gasteiger partial charge in [-0.1, -0.05) is 15.9 Å². The third kappa shape index (κ3) is 2.09. The molecule has 18 heavy (non-hydrogen) atoms. The standard InChI is InChI=1S/C12H6BrFN2OS/c13-7-1-2-9(14)10(5-7)17-11-8-3-4-18-12(8)16-6-15-11/h1-6H. The second kappa shape index (κ2) is 4.62. The van der Waals surface area contributed by atoms with Gasteiger partial charge in [0.1, 0.15) is 11.2 Å². The Morgan fingerprint density at radius 1 is 1.22 bits per heavy atom. The van der Waals surface area contributed by atoms with E-state index in [2.05, 4.69) is 25.9 Å². The molecule has 0 aliphatic rings. The van der Waals surface area contributed by atoms with E-state index in [1.807, 2.05) is 11.4 Å². The Labute approximate surface area is 114 Å². The van der Waals surface area contributed by atoms with Crippen LogP contribution in [0, 0.1) is 5.82 Å². The highest BCUT2D eigenvalue weighted by atomic mass is 79.9. The zero-order valence-electron chi connectivity index (χ0n) is 8.93. The van der Waals surface area contributed by atoms with E-state index in [1.54, 1.807) is 12.1 Å². The van der Waals surface area contributed by atoms with E-state index in [1.165, 1.54) is 23.7 Å². The predicted molar refractivity (Wildman–Crippen MR) is 71.6 cm³/mol. The first-order valence-electron chi connectivity index (χ1n) is 5.05. The molecule has 6 heteroatoms. The molecule has 90 valence electrons. The van der Waals surface area contributed by atoms with Crippen molar-refractivity contribution in [3.63, 3.8) is 0 Å². The summed E-state index contributed by atoms with van der Waals surface area (Å²) in [5.74, 6) is 0.0639. The van der Waals surface area contributed by atoms with Gasteiger partial charge in [0.2, 0.25) is 5.88 Å². The van der Waals surface area contributed by atoms with Gasteiger partial charge in [-0.15, -0.1) is 11.3 Å². The summed E-state index contributed by atoms with van der Waals surface area (Å²) in [7, 11) is 0. The topological polar surface area (TPSA) is 35.0 Å². The molecule has 0 spiro atoms. The van der Waals surface area contributed by atoms with Crippen molar-refractivity contribution < 1.29 is 9.13 Å². The number of hydrogen-bond acceptors (Lipinski definition) is 4. The fraction of sp³-hybridized carbons (Fsp3) is 0. The molecule has 1 aromatic carbocycles. The summed E-state index contributed by atoms with van der Waals surface area (Å²) in [6, 6.07) is 6.37. The van der Waals surface area contributed by atoms with Gasteiger partial charge in [0.05, 0.1) is 5.39 Å². The highest BCUT2D eigenvalue weighted by Crippen LogP contribution is 2.31. The van der Waals surface area contributed by atoms with Crippen LogP contribution in [0.3, 0.4) is 0 Å². The van der Waals surface area contributed by atoms with Gasteiger partial charge < -0.3 is 4.74 Å². The molecule has 3 nitrogen and oxygen atoms in total. The van der Waals surface area contributed by atoms with Crippen LogP contribution in [-0.2, 0) is 0 Å². The molecule has 0 aliphatic heterocycles. The van der Waals surface area contributed by atoms with Gasteiger partial charge in [0.15, 0.2) is 11.6 Å².